The second-order valence-electron chi connectivity index (χ2n) is 4.62. The number of carbonyl (C=O) groups excluding carboxylic acids is 1. The summed E-state index contributed by atoms with van der Waals surface area (Å²) in [6.45, 7) is 4.11. The second-order valence-corrected chi connectivity index (χ2v) is 4.62. The quantitative estimate of drug-likeness (QED) is 0.828. The largest absolute Gasteiger partial charge is 0.360 e. The van der Waals surface area contributed by atoms with Crippen LogP contribution in [0.3, 0.4) is 0 Å². The Labute approximate surface area is 102 Å². The number of anilines is 1. The zero-order valence-corrected chi connectivity index (χ0v) is 10.4. The van der Waals surface area contributed by atoms with Crippen molar-refractivity contribution in [2.75, 3.05) is 31.6 Å². The number of rotatable bonds is 2. The molecule has 1 amide bonds. The molecule has 1 saturated heterocycles. The van der Waals surface area contributed by atoms with Crippen molar-refractivity contribution in [2.24, 2.45) is 5.73 Å². The number of piperazine rings is 1. The van der Waals surface area contributed by atoms with E-state index < -0.39 is 0 Å². The van der Waals surface area contributed by atoms with E-state index in [-0.39, 0.29) is 11.9 Å². The predicted molar refractivity (Wildman–Crippen MR) is 68.9 cm³/mol. The van der Waals surface area contributed by atoms with Crippen LogP contribution in [-0.2, 0) is 4.79 Å². The zero-order valence-electron chi connectivity index (χ0n) is 10.4. The van der Waals surface area contributed by atoms with Gasteiger partial charge in [-0.3, -0.25) is 4.79 Å². The first-order valence-corrected chi connectivity index (χ1v) is 5.92. The molecular formula is C13H19N3O. The summed E-state index contributed by atoms with van der Waals surface area (Å²) in [6.07, 6.45) is 0. The Morgan fingerprint density at radius 2 is 1.88 bits per heavy atom. The summed E-state index contributed by atoms with van der Waals surface area (Å²) in [5, 5.41) is 0. The molecule has 2 rings (SSSR count). The van der Waals surface area contributed by atoms with Gasteiger partial charge in [0.1, 0.15) is 0 Å². The summed E-state index contributed by atoms with van der Waals surface area (Å²) in [5.41, 5.74) is 8.02. The van der Waals surface area contributed by atoms with Gasteiger partial charge in [0, 0.05) is 31.9 Å². The molecule has 1 aliphatic rings. The molecule has 0 aliphatic carbocycles. The van der Waals surface area contributed by atoms with Crippen molar-refractivity contribution in [1.29, 1.82) is 0 Å². The van der Waals surface area contributed by atoms with Crippen molar-refractivity contribution < 1.29 is 4.79 Å². The third-order valence-corrected chi connectivity index (χ3v) is 3.24. The Hall–Kier alpha value is -1.55. The van der Waals surface area contributed by atoms with Gasteiger partial charge >= 0.3 is 0 Å². The fourth-order valence-electron chi connectivity index (χ4n) is 1.97. The van der Waals surface area contributed by atoms with Gasteiger partial charge in [-0.2, -0.15) is 0 Å². The van der Waals surface area contributed by atoms with Gasteiger partial charge in [-0.25, -0.2) is 0 Å². The summed E-state index contributed by atoms with van der Waals surface area (Å²) < 4.78 is 0. The summed E-state index contributed by atoms with van der Waals surface area (Å²) in [7, 11) is 1.85. The van der Waals surface area contributed by atoms with Crippen molar-refractivity contribution >= 4 is 11.6 Å². The molecule has 1 atom stereocenters. The van der Waals surface area contributed by atoms with E-state index in [9.17, 15) is 4.79 Å². The number of hydrogen-bond donors (Lipinski definition) is 1. The second kappa shape index (κ2) is 4.75. The maximum atomic E-state index is 11.6. The number of likely N-dealkylation sites (N-methyl/N-ethyl adjacent to an activating group) is 1. The number of hydrogen-bond acceptors (Lipinski definition) is 3. The summed E-state index contributed by atoms with van der Waals surface area (Å²) in [6, 6.07) is 8.19. The lowest BCUT2D eigenvalue weighted by Gasteiger charge is -2.33. The smallest absolute Gasteiger partial charge is 0.241 e. The van der Waals surface area contributed by atoms with Gasteiger partial charge in [-0.15, -0.1) is 0 Å². The average molecular weight is 233 g/mol. The normalized spacial score (nSPS) is 18.4. The van der Waals surface area contributed by atoms with E-state index >= 15 is 0 Å². The molecule has 92 valence electrons. The van der Waals surface area contributed by atoms with Gasteiger partial charge in [0.25, 0.3) is 0 Å². The Morgan fingerprint density at radius 1 is 1.24 bits per heavy atom. The topological polar surface area (TPSA) is 49.6 Å². The van der Waals surface area contributed by atoms with Crippen LogP contribution in [0.2, 0.25) is 0 Å². The van der Waals surface area contributed by atoms with Crippen LogP contribution in [0.25, 0.3) is 0 Å². The van der Waals surface area contributed by atoms with Crippen molar-refractivity contribution in [3.8, 4) is 0 Å². The van der Waals surface area contributed by atoms with Gasteiger partial charge in [0.15, 0.2) is 0 Å². The molecule has 1 heterocycles. The lowest BCUT2D eigenvalue weighted by atomic mass is 10.1. The molecular weight excluding hydrogens is 214 g/mol. The van der Waals surface area contributed by atoms with E-state index in [1.165, 1.54) is 0 Å². The number of nitrogens with two attached hydrogens (primary N) is 1. The molecule has 1 aromatic carbocycles. The van der Waals surface area contributed by atoms with Gasteiger partial charge < -0.3 is 15.5 Å². The van der Waals surface area contributed by atoms with Crippen molar-refractivity contribution in [3.05, 3.63) is 29.8 Å². The molecule has 1 fully saturated rings. The van der Waals surface area contributed by atoms with E-state index in [1.807, 2.05) is 38.2 Å². The van der Waals surface area contributed by atoms with Crippen LogP contribution >= 0.6 is 0 Å². The zero-order chi connectivity index (χ0) is 12.4. The molecule has 0 saturated carbocycles. The first-order valence-electron chi connectivity index (χ1n) is 5.92. The first kappa shape index (κ1) is 11.9. The maximum Gasteiger partial charge on any atom is 0.241 e. The molecule has 1 aromatic rings. The summed E-state index contributed by atoms with van der Waals surface area (Å²) in [4.78, 5) is 15.5. The van der Waals surface area contributed by atoms with Crippen LogP contribution in [0, 0.1) is 0 Å². The average Bonchev–Trinajstić information content (AvgIpc) is 2.33. The van der Waals surface area contributed by atoms with Crippen LogP contribution in [0.1, 0.15) is 18.5 Å². The van der Waals surface area contributed by atoms with Crippen LogP contribution < -0.4 is 10.6 Å². The molecule has 4 nitrogen and oxygen atoms in total. The number of nitrogens with zero attached hydrogens (tertiary/aromatic N) is 2. The Kier molecular flexibility index (Phi) is 3.33. The lowest BCUT2D eigenvalue weighted by molar-refractivity contribution is -0.129. The monoisotopic (exact) mass is 233 g/mol. The van der Waals surface area contributed by atoms with Crippen LogP contribution in [0.4, 0.5) is 5.69 Å². The minimum atomic E-state index is 0.0539. The fraction of sp³-hybridized carbons (Fsp3) is 0.462. The van der Waals surface area contributed by atoms with E-state index in [1.54, 1.807) is 4.90 Å². The van der Waals surface area contributed by atoms with Gasteiger partial charge in [0.05, 0.1) is 6.54 Å². The van der Waals surface area contributed by atoms with Crippen molar-refractivity contribution in [1.82, 2.24) is 4.90 Å². The van der Waals surface area contributed by atoms with Crippen LogP contribution in [-0.4, -0.2) is 37.5 Å². The van der Waals surface area contributed by atoms with Gasteiger partial charge in [-0.05, 0) is 24.6 Å². The van der Waals surface area contributed by atoms with E-state index in [2.05, 4.69) is 4.90 Å². The molecule has 0 spiro atoms. The minimum Gasteiger partial charge on any atom is -0.360 e. The Bertz CT molecular complexity index is 400. The maximum absolute atomic E-state index is 11.6. The molecule has 0 unspecified atom stereocenters. The highest BCUT2D eigenvalue weighted by Gasteiger charge is 2.20. The highest BCUT2D eigenvalue weighted by Crippen LogP contribution is 2.19. The van der Waals surface area contributed by atoms with E-state index in [0.717, 1.165) is 24.3 Å². The fourth-order valence-corrected chi connectivity index (χ4v) is 1.97. The summed E-state index contributed by atoms with van der Waals surface area (Å²) >= 11 is 0. The SMILES string of the molecule is C[C@H](N)c1ccc(N2CCN(C)C(=O)C2)cc1. The van der Waals surface area contributed by atoms with E-state index in [0.29, 0.717) is 6.54 Å². The van der Waals surface area contributed by atoms with E-state index in [4.69, 9.17) is 5.73 Å². The molecule has 4 heteroatoms. The standard InChI is InChI=1S/C13H19N3O/c1-10(14)11-3-5-12(6-4-11)16-8-7-15(2)13(17)9-16/h3-6,10H,7-9,14H2,1-2H3/t10-/m0/s1. The van der Waals surface area contributed by atoms with Crippen molar-refractivity contribution in [2.45, 2.75) is 13.0 Å². The first-order chi connectivity index (χ1) is 8.08. The molecule has 0 radical (unpaired) electrons. The number of carbonyl (C=O) groups is 1. The number of amides is 1. The third kappa shape index (κ3) is 2.58. The molecule has 0 bridgehead atoms. The van der Waals surface area contributed by atoms with Crippen molar-refractivity contribution in [3.63, 3.8) is 0 Å². The van der Waals surface area contributed by atoms with Crippen LogP contribution in [0.5, 0.6) is 0 Å². The molecule has 0 aromatic heterocycles. The third-order valence-electron chi connectivity index (χ3n) is 3.24. The highest BCUT2D eigenvalue weighted by molar-refractivity contribution is 5.82. The molecule has 1 aliphatic heterocycles. The lowest BCUT2D eigenvalue weighted by Crippen LogP contribution is -2.48. The van der Waals surface area contributed by atoms with Crippen LogP contribution in [0.15, 0.2) is 24.3 Å². The Balaban J connectivity index is 2.10. The molecule has 2 N–H and O–H groups in total. The molecule has 17 heavy (non-hydrogen) atoms. The van der Waals surface area contributed by atoms with Gasteiger partial charge in [-0.1, -0.05) is 12.1 Å². The number of benzene rings is 1. The van der Waals surface area contributed by atoms with Gasteiger partial charge in [0.2, 0.25) is 5.91 Å². The summed E-state index contributed by atoms with van der Waals surface area (Å²) in [5.74, 6) is 0.174. The minimum absolute atomic E-state index is 0.0539. The Morgan fingerprint density at radius 3 is 2.41 bits per heavy atom. The highest BCUT2D eigenvalue weighted by atomic mass is 16.2. The predicted octanol–water partition coefficient (Wildman–Crippen LogP) is 0.985.